The number of anilines is 1. The lowest BCUT2D eigenvalue weighted by Gasteiger charge is -2.33. The molecule has 2 unspecified atom stereocenters. The van der Waals surface area contributed by atoms with Gasteiger partial charge in [-0.05, 0) is 39.2 Å². The third kappa shape index (κ3) is 4.04. The van der Waals surface area contributed by atoms with Crippen LogP contribution in [0.5, 0.6) is 0 Å². The summed E-state index contributed by atoms with van der Waals surface area (Å²) >= 11 is 0. The van der Waals surface area contributed by atoms with Crippen LogP contribution in [0.25, 0.3) is 0 Å². The Balaban J connectivity index is 1.81. The van der Waals surface area contributed by atoms with Crippen molar-refractivity contribution in [3.05, 3.63) is 11.8 Å². The number of carbonyl (C=O) groups is 1. The molecule has 19 heavy (non-hydrogen) atoms. The zero-order valence-corrected chi connectivity index (χ0v) is 11.6. The molecule has 0 radical (unpaired) electrons. The Hall–Kier alpha value is -1.40. The average Bonchev–Trinajstić information content (AvgIpc) is 2.74. The fraction of sp³-hybridized carbons (Fsp3) is 0.692. The Morgan fingerprint density at radius 3 is 3.16 bits per heavy atom. The van der Waals surface area contributed by atoms with Crippen LogP contribution in [0.4, 0.5) is 5.88 Å². The van der Waals surface area contributed by atoms with Gasteiger partial charge >= 0.3 is 0 Å². The van der Waals surface area contributed by atoms with Crippen LogP contribution in [0, 0.1) is 12.8 Å². The molecule has 0 spiro atoms. The van der Waals surface area contributed by atoms with Crippen molar-refractivity contribution >= 4 is 11.8 Å². The molecule has 1 amide bonds. The molecule has 1 saturated heterocycles. The quantitative estimate of drug-likeness (QED) is 0.848. The van der Waals surface area contributed by atoms with Gasteiger partial charge in [0.2, 0.25) is 11.8 Å². The number of hydrogen-bond donors (Lipinski definition) is 2. The van der Waals surface area contributed by atoms with Crippen molar-refractivity contribution in [2.24, 2.45) is 11.7 Å². The molecule has 1 aliphatic rings. The first kappa shape index (κ1) is 14.0. The minimum Gasteiger partial charge on any atom is -0.338 e. The Morgan fingerprint density at radius 2 is 2.53 bits per heavy atom. The lowest BCUT2D eigenvalue weighted by atomic mass is 9.92. The van der Waals surface area contributed by atoms with Gasteiger partial charge in [0.15, 0.2) is 0 Å². The standard InChI is InChI=1S/C13H22N4O2/c1-9-6-13(19-16-9)15-12(18)8-17-5-3-4-11(7-17)10(2)14/h6,10-11H,3-5,7-8,14H2,1-2H3,(H,15,18). The van der Waals surface area contributed by atoms with E-state index in [1.54, 1.807) is 6.07 Å². The fourth-order valence-electron chi connectivity index (χ4n) is 2.47. The van der Waals surface area contributed by atoms with Gasteiger partial charge in [0, 0.05) is 18.7 Å². The topological polar surface area (TPSA) is 84.4 Å². The van der Waals surface area contributed by atoms with Crippen LogP contribution in [0.3, 0.4) is 0 Å². The molecule has 0 aromatic carbocycles. The van der Waals surface area contributed by atoms with Gasteiger partial charge in [0.05, 0.1) is 12.2 Å². The number of hydrogen-bond acceptors (Lipinski definition) is 5. The van der Waals surface area contributed by atoms with E-state index >= 15 is 0 Å². The van der Waals surface area contributed by atoms with E-state index in [-0.39, 0.29) is 11.9 Å². The molecule has 6 heteroatoms. The molecule has 1 aromatic rings. The molecule has 106 valence electrons. The smallest absolute Gasteiger partial charge is 0.240 e. The third-order valence-corrected chi connectivity index (χ3v) is 3.54. The van der Waals surface area contributed by atoms with Crippen LogP contribution in [0.2, 0.25) is 0 Å². The van der Waals surface area contributed by atoms with E-state index in [2.05, 4.69) is 15.4 Å². The Kier molecular flexibility index (Phi) is 4.55. The predicted molar refractivity (Wildman–Crippen MR) is 72.7 cm³/mol. The van der Waals surface area contributed by atoms with E-state index in [4.69, 9.17) is 10.3 Å². The van der Waals surface area contributed by atoms with Crippen LogP contribution < -0.4 is 11.1 Å². The lowest BCUT2D eigenvalue weighted by Crippen LogP contribution is -2.45. The molecule has 1 aromatic heterocycles. The van der Waals surface area contributed by atoms with Gasteiger partial charge in [-0.1, -0.05) is 5.16 Å². The summed E-state index contributed by atoms with van der Waals surface area (Å²) in [6.45, 7) is 6.07. The van der Waals surface area contributed by atoms with Gasteiger partial charge < -0.3 is 10.3 Å². The summed E-state index contributed by atoms with van der Waals surface area (Å²) in [5, 5.41) is 6.44. The molecular weight excluding hydrogens is 244 g/mol. The number of nitrogens with zero attached hydrogens (tertiary/aromatic N) is 2. The van der Waals surface area contributed by atoms with Gasteiger partial charge in [0.25, 0.3) is 0 Å². The van der Waals surface area contributed by atoms with Crippen molar-refractivity contribution in [2.75, 3.05) is 25.0 Å². The summed E-state index contributed by atoms with van der Waals surface area (Å²) in [5.74, 6) is 0.818. The average molecular weight is 266 g/mol. The number of aromatic nitrogens is 1. The second kappa shape index (κ2) is 6.16. The van der Waals surface area contributed by atoms with Crippen LogP contribution >= 0.6 is 0 Å². The Bertz CT molecular complexity index is 430. The second-order valence-electron chi connectivity index (χ2n) is 5.38. The molecule has 6 nitrogen and oxygen atoms in total. The lowest BCUT2D eigenvalue weighted by molar-refractivity contribution is -0.117. The predicted octanol–water partition coefficient (Wildman–Crippen LogP) is 0.981. The van der Waals surface area contributed by atoms with Gasteiger partial charge in [-0.25, -0.2) is 0 Å². The van der Waals surface area contributed by atoms with Crippen molar-refractivity contribution in [3.63, 3.8) is 0 Å². The van der Waals surface area contributed by atoms with Gasteiger partial charge in [-0.2, -0.15) is 0 Å². The van der Waals surface area contributed by atoms with E-state index in [0.717, 1.165) is 31.6 Å². The first-order valence-electron chi connectivity index (χ1n) is 6.75. The van der Waals surface area contributed by atoms with E-state index < -0.39 is 0 Å². The van der Waals surface area contributed by atoms with Gasteiger partial charge in [0.1, 0.15) is 0 Å². The largest absolute Gasteiger partial charge is 0.338 e. The first-order valence-corrected chi connectivity index (χ1v) is 6.75. The normalized spacial score (nSPS) is 22.2. The van der Waals surface area contributed by atoms with Crippen molar-refractivity contribution < 1.29 is 9.32 Å². The van der Waals surface area contributed by atoms with Crippen molar-refractivity contribution in [3.8, 4) is 0 Å². The number of carbonyl (C=O) groups excluding carboxylic acids is 1. The molecule has 2 heterocycles. The minimum atomic E-state index is -0.0681. The molecule has 0 bridgehead atoms. The summed E-state index contributed by atoms with van der Waals surface area (Å²) in [6.07, 6.45) is 2.25. The summed E-state index contributed by atoms with van der Waals surface area (Å²) in [4.78, 5) is 14.0. The summed E-state index contributed by atoms with van der Waals surface area (Å²) in [7, 11) is 0. The van der Waals surface area contributed by atoms with E-state index in [1.165, 1.54) is 0 Å². The van der Waals surface area contributed by atoms with Gasteiger partial charge in [-0.15, -0.1) is 0 Å². The molecule has 3 N–H and O–H groups in total. The monoisotopic (exact) mass is 266 g/mol. The maximum Gasteiger partial charge on any atom is 0.240 e. The molecule has 1 aliphatic heterocycles. The number of likely N-dealkylation sites (tertiary alicyclic amines) is 1. The maximum absolute atomic E-state index is 11.9. The molecule has 0 aliphatic carbocycles. The molecule has 0 saturated carbocycles. The van der Waals surface area contributed by atoms with Crippen molar-refractivity contribution in [1.82, 2.24) is 10.1 Å². The second-order valence-corrected chi connectivity index (χ2v) is 5.38. The van der Waals surface area contributed by atoms with Crippen molar-refractivity contribution in [1.29, 1.82) is 0 Å². The van der Waals surface area contributed by atoms with Crippen molar-refractivity contribution in [2.45, 2.75) is 32.7 Å². The Labute approximate surface area is 113 Å². The Morgan fingerprint density at radius 1 is 1.74 bits per heavy atom. The number of nitrogens with two attached hydrogens (primary N) is 1. The number of rotatable bonds is 4. The van der Waals surface area contributed by atoms with Gasteiger partial charge in [-0.3, -0.25) is 15.0 Å². The SMILES string of the molecule is Cc1cc(NC(=O)CN2CCCC(C(C)N)C2)on1. The summed E-state index contributed by atoms with van der Waals surface area (Å²) in [6, 6.07) is 1.89. The van der Waals surface area contributed by atoms with Crippen LogP contribution in [-0.4, -0.2) is 41.6 Å². The fourth-order valence-corrected chi connectivity index (χ4v) is 2.47. The number of aryl methyl sites for hydroxylation is 1. The van der Waals surface area contributed by atoms with Crippen LogP contribution in [-0.2, 0) is 4.79 Å². The summed E-state index contributed by atoms with van der Waals surface area (Å²) < 4.78 is 4.96. The molecule has 1 fully saturated rings. The zero-order valence-electron chi connectivity index (χ0n) is 11.6. The van der Waals surface area contributed by atoms with E-state index in [9.17, 15) is 4.79 Å². The minimum absolute atomic E-state index is 0.0681. The van der Waals surface area contributed by atoms with Crippen LogP contribution in [0.15, 0.2) is 10.6 Å². The summed E-state index contributed by atoms with van der Waals surface area (Å²) in [5.41, 5.74) is 6.69. The zero-order chi connectivity index (χ0) is 13.8. The highest BCUT2D eigenvalue weighted by atomic mass is 16.5. The highest BCUT2D eigenvalue weighted by Crippen LogP contribution is 2.18. The third-order valence-electron chi connectivity index (χ3n) is 3.54. The van der Waals surface area contributed by atoms with E-state index in [0.29, 0.717) is 18.3 Å². The molecular formula is C13H22N4O2. The van der Waals surface area contributed by atoms with E-state index in [1.807, 2.05) is 13.8 Å². The number of amides is 1. The number of piperidine rings is 1. The number of nitrogens with one attached hydrogen (secondary N) is 1. The first-order chi connectivity index (χ1) is 9.04. The highest BCUT2D eigenvalue weighted by molar-refractivity contribution is 5.90. The highest BCUT2D eigenvalue weighted by Gasteiger charge is 2.24. The molecule has 2 atom stereocenters. The molecule has 2 rings (SSSR count). The maximum atomic E-state index is 11.9. The van der Waals surface area contributed by atoms with Crippen LogP contribution in [0.1, 0.15) is 25.5 Å².